The van der Waals surface area contributed by atoms with Crippen LogP contribution >= 0.6 is 15.9 Å². The lowest BCUT2D eigenvalue weighted by molar-refractivity contribution is -0.137. The predicted molar refractivity (Wildman–Crippen MR) is 79.6 cm³/mol. The van der Waals surface area contributed by atoms with E-state index >= 15 is 0 Å². The van der Waals surface area contributed by atoms with Crippen molar-refractivity contribution in [2.45, 2.75) is 17.6 Å². The minimum atomic E-state index is -4.46. The average Bonchev–Trinajstić information content (AvgIpc) is 2.45. The van der Waals surface area contributed by atoms with Crippen LogP contribution in [0.25, 0.3) is 0 Å². The molecule has 2 aromatic rings. The molecular weight excluding hydrogens is 383 g/mol. The third-order valence-corrected chi connectivity index (χ3v) is 5.26. The molecule has 0 fully saturated rings. The molecule has 0 aromatic heterocycles. The first-order valence-electron chi connectivity index (χ1n) is 6.10. The minimum Gasteiger partial charge on any atom is -0.207 e. The topological polar surface area (TPSA) is 46.2 Å². The number of nitrogens with one attached hydrogen (secondary N) is 1. The molecule has 0 aliphatic rings. The molecule has 3 nitrogen and oxygen atoms in total. The molecule has 0 amide bonds. The lowest BCUT2D eigenvalue weighted by atomic mass is 10.1. The van der Waals surface area contributed by atoms with Gasteiger partial charge in [0.05, 0.1) is 10.5 Å². The summed E-state index contributed by atoms with van der Waals surface area (Å²) in [4.78, 5) is 0.0296. The maximum atomic E-state index is 12.6. The van der Waals surface area contributed by atoms with E-state index in [0.29, 0.717) is 4.47 Å². The summed E-state index contributed by atoms with van der Waals surface area (Å²) in [5.41, 5.74) is -0.587. The van der Waals surface area contributed by atoms with Crippen LogP contribution < -0.4 is 4.72 Å². The van der Waals surface area contributed by atoms with E-state index < -0.39 is 21.8 Å². The Hall–Kier alpha value is -1.38. The summed E-state index contributed by atoms with van der Waals surface area (Å²) in [5, 5.41) is 0. The van der Waals surface area contributed by atoms with Gasteiger partial charge in [0.1, 0.15) is 0 Å². The third-order valence-electron chi connectivity index (χ3n) is 2.85. The molecule has 0 heterocycles. The van der Waals surface area contributed by atoms with Gasteiger partial charge in [-0.2, -0.15) is 13.2 Å². The van der Waals surface area contributed by atoms with E-state index in [1.165, 1.54) is 18.2 Å². The second kappa shape index (κ2) is 6.39. The largest absolute Gasteiger partial charge is 0.416 e. The average molecular weight is 394 g/mol. The Labute approximate surface area is 134 Å². The molecule has 0 bridgehead atoms. The van der Waals surface area contributed by atoms with Crippen LogP contribution in [0.2, 0.25) is 0 Å². The Morgan fingerprint density at radius 3 is 2.36 bits per heavy atom. The summed E-state index contributed by atoms with van der Waals surface area (Å²) in [6, 6.07) is 10.7. The molecule has 0 saturated carbocycles. The van der Waals surface area contributed by atoms with Crippen molar-refractivity contribution in [2.75, 3.05) is 0 Å². The molecule has 0 saturated heterocycles. The maximum absolute atomic E-state index is 12.6. The Kier molecular flexibility index (Phi) is 4.93. The Bertz CT molecular complexity index is 776. The van der Waals surface area contributed by atoms with Crippen molar-refractivity contribution < 1.29 is 21.6 Å². The summed E-state index contributed by atoms with van der Waals surface area (Å²) in [6.07, 6.45) is -4.46. The van der Waals surface area contributed by atoms with E-state index in [0.717, 1.165) is 12.1 Å². The first kappa shape index (κ1) is 17.0. The summed E-state index contributed by atoms with van der Waals surface area (Å²) >= 11 is 3.13. The molecular formula is C14H11BrF3NO2S. The fourth-order valence-corrected chi connectivity index (χ4v) is 3.80. The first-order chi connectivity index (χ1) is 10.2. The Morgan fingerprint density at radius 2 is 1.73 bits per heavy atom. The van der Waals surface area contributed by atoms with Gasteiger partial charge in [0.25, 0.3) is 0 Å². The number of sulfonamides is 1. The summed E-state index contributed by atoms with van der Waals surface area (Å²) < 4.78 is 64.8. The standard InChI is InChI=1S/C14H11BrF3NO2S/c15-12-6-1-2-7-13(12)22(20,21)19-9-10-4-3-5-11(8-10)14(16,17)18/h1-8,19H,9H2. The minimum absolute atomic E-state index is 0.0296. The molecule has 0 spiro atoms. The highest BCUT2D eigenvalue weighted by Crippen LogP contribution is 2.29. The van der Waals surface area contributed by atoms with E-state index in [4.69, 9.17) is 0 Å². The van der Waals surface area contributed by atoms with Crippen LogP contribution in [0, 0.1) is 0 Å². The second-order valence-electron chi connectivity index (χ2n) is 4.45. The van der Waals surface area contributed by atoms with Crippen LogP contribution in [0.15, 0.2) is 57.9 Å². The van der Waals surface area contributed by atoms with Gasteiger partial charge in [-0.1, -0.05) is 30.3 Å². The second-order valence-corrected chi connectivity index (χ2v) is 7.04. The fraction of sp³-hybridized carbons (Fsp3) is 0.143. The van der Waals surface area contributed by atoms with E-state index in [1.807, 2.05) is 0 Å². The molecule has 22 heavy (non-hydrogen) atoms. The van der Waals surface area contributed by atoms with Gasteiger partial charge in [-0.25, -0.2) is 13.1 Å². The van der Waals surface area contributed by atoms with Gasteiger partial charge in [-0.15, -0.1) is 0 Å². The van der Waals surface area contributed by atoms with Gasteiger partial charge in [0, 0.05) is 11.0 Å². The Morgan fingerprint density at radius 1 is 1.05 bits per heavy atom. The van der Waals surface area contributed by atoms with Gasteiger partial charge in [-0.3, -0.25) is 0 Å². The monoisotopic (exact) mass is 393 g/mol. The van der Waals surface area contributed by atoms with Crippen molar-refractivity contribution in [3.8, 4) is 0 Å². The zero-order valence-electron chi connectivity index (χ0n) is 11.1. The van der Waals surface area contributed by atoms with Crippen molar-refractivity contribution in [2.24, 2.45) is 0 Å². The van der Waals surface area contributed by atoms with E-state index in [2.05, 4.69) is 20.7 Å². The van der Waals surface area contributed by atoms with Crippen molar-refractivity contribution in [1.29, 1.82) is 0 Å². The van der Waals surface area contributed by atoms with Crippen LogP contribution in [0.3, 0.4) is 0 Å². The summed E-state index contributed by atoms with van der Waals surface area (Å²) in [5.74, 6) is 0. The number of alkyl halides is 3. The Balaban J connectivity index is 2.18. The van der Waals surface area contributed by atoms with E-state index in [1.54, 1.807) is 18.2 Å². The number of rotatable bonds is 4. The summed E-state index contributed by atoms with van der Waals surface area (Å²) in [7, 11) is -3.82. The molecule has 0 aliphatic carbocycles. The van der Waals surface area contributed by atoms with Crippen LogP contribution in [0.4, 0.5) is 13.2 Å². The lowest BCUT2D eigenvalue weighted by Crippen LogP contribution is -2.23. The van der Waals surface area contributed by atoms with Crippen LogP contribution in [0.1, 0.15) is 11.1 Å². The lowest BCUT2D eigenvalue weighted by Gasteiger charge is -2.11. The van der Waals surface area contributed by atoms with E-state index in [-0.39, 0.29) is 17.0 Å². The van der Waals surface area contributed by atoms with Crippen molar-refractivity contribution >= 4 is 26.0 Å². The molecule has 0 aliphatic heterocycles. The molecule has 2 rings (SSSR count). The zero-order chi connectivity index (χ0) is 16.4. The van der Waals surface area contributed by atoms with Crippen molar-refractivity contribution in [3.05, 3.63) is 64.1 Å². The quantitative estimate of drug-likeness (QED) is 0.854. The fourth-order valence-electron chi connectivity index (χ4n) is 1.78. The van der Waals surface area contributed by atoms with Gasteiger partial charge < -0.3 is 0 Å². The molecule has 0 atom stereocenters. The molecule has 1 N–H and O–H groups in total. The predicted octanol–water partition coefficient (Wildman–Crippen LogP) is 3.95. The van der Waals surface area contributed by atoms with Crippen LogP contribution in [-0.2, 0) is 22.7 Å². The molecule has 0 radical (unpaired) electrons. The zero-order valence-corrected chi connectivity index (χ0v) is 13.5. The van der Waals surface area contributed by atoms with Gasteiger partial charge >= 0.3 is 6.18 Å². The SMILES string of the molecule is O=S(=O)(NCc1cccc(C(F)(F)F)c1)c1ccccc1Br. The highest BCUT2D eigenvalue weighted by Gasteiger charge is 2.30. The number of hydrogen-bond donors (Lipinski definition) is 1. The van der Waals surface area contributed by atoms with E-state index in [9.17, 15) is 21.6 Å². The third kappa shape index (κ3) is 4.08. The number of benzene rings is 2. The van der Waals surface area contributed by atoms with Gasteiger partial charge in [-0.05, 0) is 39.7 Å². The highest BCUT2D eigenvalue weighted by molar-refractivity contribution is 9.10. The van der Waals surface area contributed by atoms with Gasteiger partial charge in [0.2, 0.25) is 10.0 Å². The van der Waals surface area contributed by atoms with Crippen molar-refractivity contribution in [3.63, 3.8) is 0 Å². The highest BCUT2D eigenvalue weighted by atomic mass is 79.9. The summed E-state index contributed by atoms with van der Waals surface area (Å²) in [6.45, 7) is -0.229. The van der Waals surface area contributed by atoms with Crippen LogP contribution in [-0.4, -0.2) is 8.42 Å². The number of hydrogen-bond acceptors (Lipinski definition) is 2. The van der Waals surface area contributed by atoms with Gasteiger partial charge in [0.15, 0.2) is 0 Å². The number of halogens is 4. The van der Waals surface area contributed by atoms with Crippen LogP contribution in [0.5, 0.6) is 0 Å². The maximum Gasteiger partial charge on any atom is 0.416 e. The molecule has 8 heteroatoms. The first-order valence-corrected chi connectivity index (χ1v) is 8.38. The molecule has 118 valence electrons. The molecule has 0 unspecified atom stereocenters. The normalized spacial score (nSPS) is 12.4. The smallest absolute Gasteiger partial charge is 0.207 e. The molecule has 2 aromatic carbocycles. The van der Waals surface area contributed by atoms with Crippen molar-refractivity contribution in [1.82, 2.24) is 4.72 Å².